The van der Waals surface area contributed by atoms with E-state index in [-0.39, 0.29) is 24.0 Å². The number of cyclic esters (lactones) is 1. The number of carbonyl (C=O) groups is 4. The van der Waals surface area contributed by atoms with Gasteiger partial charge >= 0.3 is 6.09 Å². The Labute approximate surface area is 179 Å². The molecule has 2 aromatic rings. The van der Waals surface area contributed by atoms with Crippen LogP contribution >= 0.6 is 0 Å². The van der Waals surface area contributed by atoms with Crippen molar-refractivity contribution < 1.29 is 23.9 Å². The predicted octanol–water partition coefficient (Wildman–Crippen LogP) is 2.41. The molecule has 2 heterocycles. The number of rotatable bonds is 5. The number of carbonyl (C=O) groups excluding carboxylic acids is 4. The van der Waals surface area contributed by atoms with E-state index in [1.54, 1.807) is 30.5 Å². The van der Waals surface area contributed by atoms with Gasteiger partial charge in [0.2, 0.25) is 5.91 Å². The van der Waals surface area contributed by atoms with Crippen molar-refractivity contribution in [1.82, 2.24) is 10.3 Å². The first-order valence-electron chi connectivity index (χ1n) is 10.3. The van der Waals surface area contributed by atoms with Crippen LogP contribution in [-0.2, 0) is 20.7 Å². The molecule has 2 amide bonds. The van der Waals surface area contributed by atoms with E-state index in [2.05, 4.69) is 10.3 Å². The second kappa shape index (κ2) is 8.67. The summed E-state index contributed by atoms with van der Waals surface area (Å²) in [6.07, 6.45) is 3.75. The number of aromatic nitrogens is 1. The highest BCUT2D eigenvalue weighted by Gasteiger charge is 2.35. The second-order valence-electron chi connectivity index (χ2n) is 7.80. The first kappa shape index (κ1) is 20.7. The highest BCUT2D eigenvalue weighted by Crippen LogP contribution is 2.34. The third kappa shape index (κ3) is 4.33. The number of hydrogen-bond donors (Lipinski definition) is 1. The van der Waals surface area contributed by atoms with Crippen LogP contribution in [0.2, 0.25) is 0 Å². The monoisotopic (exact) mass is 421 g/mol. The van der Waals surface area contributed by atoms with Gasteiger partial charge in [0.25, 0.3) is 0 Å². The van der Waals surface area contributed by atoms with Crippen LogP contribution in [0.15, 0.2) is 42.7 Å². The molecule has 0 saturated carbocycles. The lowest BCUT2D eigenvalue weighted by atomic mass is 9.85. The molecule has 1 fully saturated rings. The lowest BCUT2D eigenvalue weighted by Gasteiger charge is -2.19. The molecule has 4 rings (SSSR count). The highest BCUT2D eigenvalue weighted by atomic mass is 16.6. The smallest absolute Gasteiger partial charge is 0.414 e. The summed E-state index contributed by atoms with van der Waals surface area (Å²) in [4.78, 5) is 54.9. The molecule has 8 nitrogen and oxygen atoms in total. The van der Waals surface area contributed by atoms with E-state index in [0.717, 1.165) is 5.56 Å². The van der Waals surface area contributed by atoms with Crippen LogP contribution < -0.4 is 10.2 Å². The van der Waals surface area contributed by atoms with Gasteiger partial charge in [-0.05, 0) is 48.2 Å². The summed E-state index contributed by atoms with van der Waals surface area (Å²) in [5.41, 5.74) is 2.61. The molecule has 1 saturated heterocycles. The number of hydrogen-bond acceptors (Lipinski definition) is 6. The molecule has 0 unspecified atom stereocenters. The summed E-state index contributed by atoms with van der Waals surface area (Å²) in [6, 6.07) is 8.70. The van der Waals surface area contributed by atoms with E-state index >= 15 is 0 Å². The minimum atomic E-state index is -0.867. The Balaban J connectivity index is 1.61. The van der Waals surface area contributed by atoms with Crippen molar-refractivity contribution in [2.24, 2.45) is 0 Å². The van der Waals surface area contributed by atoms with Crippen LogP contribution in [0.3, 0.4) is 0 Å². The molecule has 8 heteroatoms. The molecule has 1 aliphatic heterocycles. The minimum Gasteiger partial charge on any atom is -0.442 e. The zero-order chi connectivity index (χ0) is 22.0. The lowest BCUT2D eigenvalue weighted by Crippen LogP contribution is -2.33. The summed E-state index contributed by atoms with van der Waals surface area (Å²) in [5, 5.41) is 2.65. The van der Waals surface area contributed by atoms with Crippen molar-refractivity contribution in [1.29, 1.82) is 0 Å². The maximum absolute atomic E-state index is 13.1. The number of amides is 2. The first-order valence-corrected chi connectivity index (χ1v) is 10.3. The van der Waals surface area contributed by atoms with Gasteiger partial charge in [-0.3, -0.25) is 24.3 Å². The van der Waals surface area contributed by atoms with Gasteiger partial charge in [0.05, 0.1) is 13.1 Å². The number of ether oxygens (including phenoxy) is 1. The topological polar surface area (TPSA) is 106 Å². The number of fused-ring (bicyclic) bond motifs is 1. The SMILES string of the molecule is CC(=O)NC[C@H]1CN(c2ccc3c(c2)CCCC(=O)[C@@H]3C(=O)c2cccnc2)C(=O)O1. The maximum atomic E-state index is 13.1. The average Bonchev–Trinajstić information content (AvgIpc) is 3.05. The molecular weight excluding hydrogens is 398 g/mol. The Hall–Kier alpha value is -3.55. The van der Waals surface area contributed by atoms with Crippen molar-refractivity contribution in [3.8, 4) is 0 Å². The molecule has 2 aliphatic rings. The van der Waals surface area contributed by atoms with E-state index in [0.29, 0.717) is 42.6 Å². The Morgan fingerprint density at radius 3 is 2.81 bits per heavy atom. The number of ketones is 2. The Kier molecular flexibility index (Phi) is 5.79. The quantitative estimate of drug-likeness (QED) is 0.452. The summed E-state index contributed by atoms with van der Waals surface area (Å²) in [6.45, 7) is 1.97. The van der Waals surface area contributed by atoms with E-state index in [1.807, 2.05) is 6.07 Å². The lowest BCUT2D eigenvalue weighted by molar-refractivity contribution is -0.120. The fourth-order valence-electron chi connectivity index (χ4n) is 4.09. The molecule has 0 radical (unpaired) electrons. The molecule has 31 heavy (non-hydrogen) atoms. The molecule has 1 aliphatic carbocycles. The summed E-state index contributed by atoms with van der Waals surface area (Å²) in [5.74, 6) is -1.41. The maximum Gasteiger partial charge on any atom is 0.414 e. The first-order chi connectivity index (χ1) is 14.9. The Bertz CT molecular complexity index is 1040. The number of Topliss-reactive ketones (excluding diaryl/α,β-unsaturated/α-hetero) is 2. The van der Waals surface area contributed by atoms with E-state index in [4.69, 9.17) is 4.74 Å². The van der Waals surface area contributed by atoms with Crippen LogP contribution in [0.1, 0.15) is 47.2 Å². The molecule has 1 N–H and O–H groups in total. The van der Waals surface area contributed by atoms with Gasteiger partial charge in [-0.15, -0.1) is 0 Å². The van der Waals surface area contributed by atoms with Crippen LogP contribution in [0, 0.1) is 0 Å². The van der Waals surface area contributed by atoms with Gasteiger partial charge in [-0.1, -0.05) is 6.07 Å². The van der Waals surface area contributed by atoms with Crippen LogP contribution in [0.5, 0.6) is 0 Å². The van der Waals surface area contributed by atoms with Crippen molar-refractivity contribution in [2.45, 2.75) is 38.2 Å². The normalized spacial score (nSPS) is 20.6. The van der Waals surface area contributed by atoms with Crippen LogP contribution in [-0.4, -0.2) is 47.7 Å². The molecule has 160 valence electrons. The van der Waals surface area contributed by atoms with E-state index in [1.165, 1.54) is 18.0 Å². The van der Waals surface area contributed by atoms with Crippen molar-refractivity contribution in [2.75, 3.05) is 18.0 Å². The molecule has 0 bridgehead atoms. The van der Waals surface area contributed by atoms with E-state index < -0.39 is 18.1 Å². The average molecular weight is 421 g/mol. The summed E-state index contributed by atoms with van der Waals surface area (Å²) in [7, 11) is 0. The number of anilines is 1. The summed E-state index contributed by atoms with van der Waals surface area (Å²) >= 11 is 0. The largest absolute Gasteiger partial charge is 0.442 e. The van der Waals surface area contributed by atoms with E-state index in [9.17, 15) is 19.2 Å². The van der Waals surface area contributed by atoms with Crippen LogP contribution in [0.25, 0.3) is 0 Å². The fraction of sp³-hybridized carbons (Fsp3) is 0.348. The summed E-state index contributed by atoms with van der Waals surface area (Å²) < 4.78 is 5.34. The van der Waals surface area contributed by atoms with Gasteiger partial charge in [0, 0.05) is 37.0 Å². The van der Waals surface area contributed by atoms with Gasteiger partial charge in [-0.2, -0.15) is 0 Å². The molecule has 1 aromatic carbocycles. The number of benzene rings is 1. The van der Waals surface area contributed by atoms with Crippen molar-refractivity contribution >= 4 is 29.3 Å². The van der Waals surface area contributed by atoms with Gasteiger partial charge < -0.3 is 10.1 Å². The predicted molar refractivity (Wildman–Crippen MR) is 112 cm³/mol. The number of aryl methyl sites for hydroxylation is 1. The molecular formula is C23H23N3O5. The van der Waals surface area contributed by atoms with Crippen LogP contribution in [0.4, 0.5) is 10.5 Å². The number of nitrogens with one attached hydrogen (secondary N) is 1. The van der Waals surface area contributed by atoms with Gasteiger partial charge in [0.1, 0.15) is 17.8 Å². The number of pyridine rings is 1. The second-order valence-corrected chi connectivity index (χ2v) is 7.80. The zero-order valence-electron chi connectivity index (χ0n) is 17.2. The molecule has 0 spiro atoms. The van der Waals surface area contributed by atoms with Gasteiger partial charge in [-0.25, -0.2) is 4.79 Å². The Morgan fingerprint density at radius 1 is 1.23 bits per heavy atom. The van der Waals surface area contributed by atoms with Crippen molar-refractivity contribution in [3.05, 3.63) is 59.4 Å². The van der Waals surface area contributed by atoms with Crippen molar-refractivity contribution in [3.63, 3.8) is 0 Å². The number of nitrogens with zero attached hydrogens (tertiary/aromatic N) is 2. The standard InChI is InChI=1S/C23H23N3O5/c1-14(27)25-12-18-13-26(23(30)31-18)17-7-8-19-15(10-17)4-2-6-20(28)21(19)22(29)16-5-3-9-24-11-16/h3,5,7-11,18,21H,2,4,6,12-13H2,1H3,(H,25,27)/t18-,21+/m0/s1. The minimum absolute atomic E-state index is 0.101. The zero-order valence-corrected chi connectivity index (χ0v) is 17.2. The third-order valence-corrected chi connectivity index (χ3v) is 5.60. The molecule has 2 atom stereocenters. The fourth-order valence-corrected chi connectivity index (χ4v) is 4.09. The Morgan fingerprint density at radius 2 is 2.06 bits per heavy atom. The molecule has 1 aromatic heterocycles. The highest BCUT2D eigenvalue weighted by molar-refractivity contribution is 6.15. The van der Waals surface area contributed by atoms with Gasteiger partial charge in [0.15, 0.2) is 5.78 Å². The third-order valence-electron chi connectivity index (χ3n) is 5.60.